The van der Waals surface area contributed by atoms with E-state index in [4.69, 9.17) is 5.73 Å². The first kappa shape index (κ1) is 14.8. The van der Waals surface area contributed by atoms with Crippen molar-refractivity contribution in [3.8, 4) is 0 Å². The molecule has 0 fully saturated rings. The molecule has 5 nitrogen and oxygen atoms in total. The summed E-state index contributed by atoms with van der Waals surface area (Å²) in [4.78, 5) is 14.1. The van der Waals surface area contributed by atoms with E-state index in [2.05, 4.69) is 0 Å². The Labute approximate surface area is 119 Å². The Kier molecular flexibility index (Phi) is 3.54. The van der Waals surface area contributed by atoms with Crippen LogP contribution in [0.3, 0.4) is 0 Å². The molecule has 0 aromatic heterocycles. The number of benzene rings is 1. The lowest BCUT2D eigenvalue weighted by Crippen LogP contribution is -2.51. The van der Waals surface area contributed by atoms with Crippen molar-refractivity contribution in [2.24, 2.45) is 0 Å². The lowest BCUT2D eigenvalue weighted by Gasteiger charge is -2.34. The summed E-state index contributed by atoms with van der Waals surface area (Å²) in [6, 6.07) is 5.66. The van der Waals surface area contributed by atoms with Crippen molar-refractivity contribution in [1.29, 1.82) is 0 Å². The standard InChI is InChI=1S/C14H20N2O3S/c1-14(2,20(3,18)19)13(17)16-7-6-10-4-5-12(15)8-11(10)9-16/h4-5,8H,6-7,9,15H2,1-3H3. The van der Waals surface area contributed by atoms with Crippen molar-refractivity contribution in [2.75, 3.05) is 18.5 Å². The van der Waals surface area contributed by atoms with Crippen LogP contribution in [0.4, 0.5) is 5.69 Å². The maximum absolute atomic E-state index is 12.5. The first-order valence-electron chi connectivity index (χ1n) is 6.49. The van der Waals surface area contributed by atoms with E-state index in [1.165, 1.54) is 19.4 Å². The molecule has 0 atom stereocenters. The number of carbonyl (C=O) groups is 1. The van der Waals surface area contributed by atoms with Crippen LogP contribution < -0.4 is 5.73 Å². The van der Waals surface area contributed by atoms with Crippen LogP contribution in [0.2, 0.25) is 0 Å². The normalized spacial score (nSPS) is 15.8. The molecular weight excluding hydrogens is 276 g/mol. The van der Waals surface area contributed by atoms with Crippen LogP contribution >= 0.6 is 0 Å². The maximum atomic E-state index is 12.5. The van der Waals surface area contributed by atoms with E-state index in [1.54, 1.807) is 4.90 Å². The molecule has 20 heavy (non-hydrogen) atoms. The minimum Gasteiger partial charge on any atom is -0.399 e. The Hall–Kier alpha value is -1.56. The lowest BCUT2D eigenvalue weighted by atomic mass is 9.98. The quantitative estimate of drug-likeness (QED) is 0.825. The molecule has 0 saturated heterocycles. The summed E-state index contributed by atoms with van der Waals surface area (Å²) in [5, 5.41) is 0. The van der Waals surface area contributed by atoms with Gasteiger partial charge in [0.1, 0.15) is 4.75 Å². The molecule has 0 saturated carbocycles. The van der Waals surface area contributed by atoms with Crippen LogP contribution in [0.1, 0.15) is 25.0 Å². The fourth-order valence-corrected chi connectivity index (χ4v) is 2.74. The van der Waals surface area contributed by atoms with E-state index in [0.29, 0.717) is 18.8 Å². The first-order valence-corrected chi connectivity index (χ1v) is 8.38. The molecular formula is C14H20N2O3S. The number of nitrogens with zero attached hydrogens (tertiary/aromatic N) is 1. The second-order valence-electron chi connectivity index (χ2n) is 5.79. The monoisotopic (exact) mass is 296 g/mol. The van der Waals surface area contributed by atoms with Gasteiger partial charge in [0.05, 0.1) is 0 Å². The first-order chi connectivity index (χ1) is 9.13. The molecule has 2 N–H and O–H groups in total. The van der Waals surface area contributed by atoms with Crippen molar-refractivity contribution in [3.05, 3.63) is 29.3 Å². The van der Waals surface area contributed by atoms with Gasteiger partial charge in [-0.2, -0.15) is 0 Å². The maximum Gasteiger partial charge on any atom is 0.243 e. The predicted molar refractivity (Wildman–Crippen MR) is 78.9 cm³/mol. The van der Waals surface area contributed by atoms with Crippen molar-refractivity contribution in [2.45, 2.75) is 31.6 Å². The number of rotatable bonds is 2. The van der Waals surface area contributed by atoms with Crippen LogP contribution in [-0.4, -0.2) is 36.8 Å². The van der Waals surface area contributed by atoms with Crippen LogP contribution in [-0.2, 0) is 27.6 Å². The molecule has 6 heteroatoms. The summed E-state index contributed by atoms with van der Waals surface area (Å²) in [6.45, 7) is 3.87. The molecule has 0 radical (unpaired) electrons. The Morgan fingerprint density at radius 3 is 2.55 bits per heavy atom. The number of anilines is 1. The van der Waals surface area contributed by atoms with Crippen LogP contribution in [0.15, 0.2) is 18.2 Å². The number of hydrogen-bond acceptors (Lipinski definition) is 4. The number of amides is 1. The van der Waals surface area contributed by atoms with Crippen molar-refractivity contribution in [3.63, 3.8) is 0 Å². The van der Waals surface area contributed by atoms with Gasteiger partial charge in [-0.15, -0.1) is 0 Å². The Balaban J connectivity index is 2.27. The Morgan fingerprint density at radius 2 is 1.95 bits per heavy atom. The van der Waals surface area contributed by atoms with Gasteiger partial charge in [0, 0.05) is 25.0 Å². The summed E-state index contributed by atoms with van der Waals surface area (Å²) in [5.41, 5.74) is 8.57. The Bertz CT molecular complexity index is 650. The van der Waals surface area contributed by atoms with Gasteiger partial charge in [-0.25, -0.2) is 8.42 Å². The molecule has 1 aromatic rings. The zero-order valence-corrected chi connectivity index (χ0v) is 12.8. The molecule has 110 valence electrons. The fraction of sp³-hybridized carbons (Fsp3) is 0.500. The second kappa shape index (κ2) is 4.77. The van der Waals surface area contributed by atoms with E-state index in [9.17, 15) is 13.2 Å². The van der Waals surface area contributed by atoms with E-state index >= 15 is 0 Å². The topological polar surface area (TPSA) is 80.5 Å². The molecule has 0 bridgehead atoms. The molecule has 0 aliphatic carbocycles. The van der Waals surface area contributed by atoms with Crippen molar-refractivity contribution >= 4 is 21.4 Å². The summed E-state index contributed by atoms with van der Waals surface area (Å²) >= 11 is 0. The average Bonchev–Trinajstić information content (AvgIpc) is 2.35. The highest BCUT2D eigenvalue weighted by Gasteiger charge is 2.41. The molecule has 1 heterocycles. The van der Waals surface area contributed by atoms with Gasteiger partial charge in [-0.3, -0.25) is 4.79 Å². The third kappa shape index (κ3) is 2.52. The highest BCUT2D eigenvalue weighted by atomic mass is 32.2. The van der Waals surface area contributed by atoms with Gasteiger partial charge in [0.25, 0.3) is 0 Å². The average molecular weight is 296 g/mol. The van der Waals surface area contributed by atoms with Gasteiger partial charge >= 0.3 is 0 Å². The zero-order valence-electron chi connectivity index (χ0n) is 12.0. The number of sulfone groups is 1. The number of nitrogen functional groups attached to an aromatic ring is 1. The summed E-state index contributed by atoms with van der Waals surface area (Å²) in [5.74, 6) is -0.354. The summed E-state index contributed by atoms with van der Waals surface area (Å²) < 4.78 is 22.1. The number of carbonyl (C=O) groups excluding carboxylic acids is 1. The third-order valence-electron chi connectivity index (χ3n) is 3.97. The minimum absolute atomic E-state index is 0.354. The lowest BCUT2D eigenvalue weighted by molar-refractivity contribution is -0.134. The Morgan fingerprint density at radius 1 is 1.30 bits per heavy atom. The number of fused-ring (bicyclic) bond motifs is 1. The molecule has 1 aliphatic heterocycles. The molecule has 0 unspecified atom stereocenters. The summed E-state index contributed by atoms with van der Waals surface area (Å²) in [7, 11) is -3.45. The fourth-order valence-electron chi connectivity index (χ4n) is 2.29. The SMILES string of the molecule is CC(C)(C(=O)N1CCc2ccc(N)cc2C1)S(C)(=O)=O. The smallest absolute Gasteiger partial charge is 0.243 e. The van der Waals surface area contributed by atoms with Gasteiger partial charge in [0.15, 0.2) is 9.84 Å². The molecule has 1 aliphatic rings. The van der Waals surface area contributed by atoms with E-state index in [1.807, 2.05) is 18.2 Å². The van der Waals surface area contributed by atoms with E-state index < -0.39 is 14.6 Å². The van der Waals surface area contributed by atoms with Crippen molar-refractivity contribution in [1.82, 2.24) is 4.90 Å². The van der Waals surface area contributed by atoms with Crippen LogP contribution in [0.5, 0.6) is 0 Å². The number of nitrogens with two attached hydrogens (primary N) is 1. The summed E-state index contributed by atoms with van der Waals surface area (Å²) in [6.07, 6.45) is 1.82. The minimum atomic E-state index is -3.45. The third-order valence-corrected chi connectivity index (χ3v) is 6.00. The van der Waals surface area contributed by atoms with Crippen LogP contribution in [0, 0.1) is 0 Å². The van der Waals surface area contributed by atoms with E-state index in [-0.39, 0.29) is 5.91 Å². The van der Waals surface area contributed by atoms with E-state index in [0.717, 1.165) is 18.2 Å². The molecule has 1 aromatic carbocycles. The molecule has 2 rings (SSSR count). The molecule has 0 spiro atoms. The van der Waals surface area contributed by atoms with Crippen molar-refractivity contribution < 1.29 is 13.2 Å². The number of hydrogen-bond donors (Lipinski definition) is 1. The second-order valence-corrected chi connectivity index (χ2v) is 8.35. The van der Waals surface area contributed by atoms with Gasteiger partial charge in [-0.05, 0) is 43.5 Å². The highest BCUT2D eigenvalue weighted by molar-refractivity contribution is 7.92. The molecule has 1 amide bonds. The van der Waals surface area contributed by atoms with Gasteiger partial charge in [0.2, 0.25) is 5.91 Å². The highest BCUT2D eigenvalue weighted by Crippen LogP contribution is 2.25. The zero-order chi connectivity index (χ0) is 15.1. The predicted octanol–water partition coefficient (Wildman–Crippen LogP) is 0.977. The van der Waals surface area contributed by atoms with Crippen LogP contribution in [0.25, 0.3) is 0 Å². The van der Waals surface area contributed by atoms with Gasteiger partial charge in [-0.1, -0.05) is 6.07 Å². The largest absolute Gasteiger partial charge is 0.399 e. The van der Waals surface area contributed by atoms with Gasteiger partial charge < -0.3 is 10.6 Å².